The average molecular weight is 347 g/mol. The number of amides is 1. The van der Waals surface area contributed by atoms with Crippen LogP contribution in [0.15, 0.2) is 46.9 Å². The maximum absolute atomic E-state index is 12.1. The maximum atomic E-state index is 12.1. The average Bonchev–Trinajstić information content (AvgIpc) is 2.59. The lowest BCUT2D eigenvalue weighted by Gasteiger charge is -2.26. The first-order chi connectivity index (χ1) is 11.6. The molecule has 6 heteroatoms. The number of thioether (sulfide) groups is 1. The molecule has 1 N–H and O–H groups in total. The van der Waals surface area contributed by atoms with Gasteiger partial charge in [0.2, 0.25) is 5.91 Å². The fourth-order valence-corrected chi connectivity index (χ4v) is 3.12. The van der Waals surface area contributed by atoms with Crippen molar-refractivity contribution in [2.45, 2.75) is 6.92 Å². The molecule has 0 bridgehead atoms. The van der Waals surface area contributed by atoms with Gasteiger partial charge < -0.3 is 14.7 Å². The van der Waals surface area contributed by atoms with Crippen molar-refractivity contribution in [3.63, 3.8) is 0 Å². The minimum atomic E-state index is -1.02. The number of carbonyl (C=O) groups is 2. The second-order valence-corrected chi connectivity index (χ2v) is 6.41. The van der Waals surface area contributed by atoms with Crippen LogP contribution >= 0.6 is 11.8 Å². The zero-order valence-corrected chi connectivity index (χ0v) is 14.4. The molecule has 24 heavy (non-hydrogen) atoms. The van der Waals surface area contributed by atoms with Crippen molar-refractivity contribution in [2.75, 3.05) is 32.1 Å². The molecule has 1 aliphatic heterocycles. The summed E-state index contributed by atoms with van der Waals surface area (Å²) in [5, 5.41) is 9.35. The van der Waals surface area contributed by atoms with Crippen LogP contribution in [0.3, 0.4) is 0 Å². The van der Waals surface area contributed by atoms with Crippen molar-refractivity contribution in [3.8, 4) is 0 Å². The van der Waals surface area contributed by atoms with Gasteiger partial charge in [0.15, 0.2) is 0 Å². The zero-order valence-electron chi connectivity index (χ0n) is 13.6. The van der Waals surface area contributed by atoms with Crippen molar-refractivity contribution >= 4 is 29.7 Å². The number of carboxylic acids is 1. The molecule has 1 aliphatic rings. The van der Waals surface area contributed by atoms with E-state index in [9.17, 15) is 14.7 Å². The number of carboxylic acid groups (broad SMARTS) is 1. The van der Waals surface area contributed by atoms with Gasteiger partial charge in [-0.3, -0.25) is 4.79 Å². The molecule has 0 spiro atoms. The summed E-state index contributed by atoms with van der Waals surface area (Å²) < 4.78 is 5.21. The van der Waals surface area contributed by atoms with E-state index in [1.165, 1.54) is 0 Å². The monoisotopic (exact) mass is 347 g/mol. The van der Waals surface area contributed by atoms with E-state index in [1.54, 1.807) is 11.0 Å². The van der Waals surface area contributed by atoms with Gasteiger partial charge in [0.1, 0.15) is 0 Å². The first-order valence-corrected chi connectivity index (χ1v) is 8.71. The van der Waals surface area contributed by atoms with Gasteiger partial charge in [0.25, 0.3) is 0 Å². The van der Waals surface area contributed by atoms with Gasteiger partial charge in [-0.1, -0.05) is 36.4 Å². The van der Waals surface area contributed by atoms with Crippen molar-refractivity contribution in [1.82, 2.24) is 4.90 Å². The summed E-state index contributed by atoms with van der Waals surface area (Å²) in [6.45, 7) is 4.06. The number of rotatable bonds is 6. The molecule has 1 amide bonds. The predicted octanol–water partition coefficient (Wildman–Crippen LogP) is 2.65. The van der Waals surface area contributed by atoms with E-state index in [4.69, 9.17) is 4.74 Å². The molecular formula is C18H21NO4S. The number of aliphatic carboxylic acids is 1. The van der Waals surface area contributed by atoms with Crippen LogP contribution in [0.2, 0.25) is 0 Å². The molecule has 0 radical (unpaired) electrons. The van der Waals surface area contributed by atoms with E-state index >= 15 is 0 Å². The zero-order chi connectivity index (χ0) is 17.4. The number of hydrogen-bond acceptors (Lipinski definition) is 4. The Labute approximate surface area is 146 Å². The smallest absolute Gasteiger partial charge is 0.342 e. The fourth-order valence-electron chi connectivity index (χ4n) is 2.27. The highest BCUT2D eigenvalue weighted by Gasteiger charge is 2.18. The van der Waals surface area contributed by atoms with Crippen LogP contribution in [0.5, 0.6) is 0 Å². The Hall–Kier alpha value is -2.05. The summed E-state index contributed by atoms with van der Waals surface area (Å²) in [6.07, 6.45) is 3.51. The van der Waals surface area contributed by atoms with Crippen molar-refractivity contribution in [2.24, 2.45) is 0 Å². The molecule has 0 aliphatic carbocycles. The van der Waals surface area contributed by atoms with Gasteiger partial charge in [-0.2, -0.15) is 0 Å². The predicted molar refractivity (Wildman–Crippen MR) is 95.7 cm³/mol. The number of nitrogens with zero attached hydrogens (tertiary/aromatic N) is 1. The first kappa shape index (κ1) is 18.3. The summed E-state index contributed by atoms with van der Waals surface area (Å²) in [7, 11) is 0. The number of hydrogen-bond donors (Lipinski definition) is 1. The number of benzene rings is 1. The van der Waals surface area contributed by atoms with Crippen LogP contribution in [0, 0.1) is 0 Å². The van der Waals surface area contributed by atoms with Crippen LogP contribution in [0.25, 0.3) is 6.08 Å². The number of allylic oxidation sites excluding steroid dienone is 2. The molecule has 2 rings (SSSR count). The van der Waals surface area contributed by atoms with Gasteiger partial charge in [0, 0.05) is 13.1 Å². The molecule has 0 saturated carbocycles. The third kappa shape index (κ3) is 5.86. The molecule has 1 aromatic carbocycles. The van der Waals surface area contributed by atoms with Gasteiger partial charge in [-0.15, -0.1) is 11.8 Å². The van der Waals surface area contributed by atoms with Crippen LogP contribution in [0.1, 0.15) is 12.5 Å². The van der Waals surface area contributed by atoms with E-state index in [1.807, 2.05) is 43.3 Å². The molecule has 0 unspecified atom stereocenters. The number of ether oxygens (including phenoxy) is 1. The maximum Gasteiger partial charge on any atom is 0.342 e. The molecule has 1 saturated heterocycles. The minimum absolute atomic E-state index is 0.0554. The molecule has 0 atom stereocenters. The Morgan fingerprint density at radius 2 is 1.92 bits per heavy atom. The lowest BCUT2D eigenvalue weighted by atomic mass is 10.1. The van der Waals surface area contributed by atoms with Crippen molar-refractivity contribution in [1.29, 1.82) is 0 Å². The summed E-state index contributed by atoms with van der Waals surface area (Å²) >= 11 is 1.06. The van der Waals surface area contributed by atoms with E-state index < -0.39 is 5.97 Å². The Morgan fingerprint density at radius 1 is 1.25 bits per heavy atom. The van der Waals surface area contributed by atoms with Crippen LogP contribution in [0.4, 0.5) is 0 Å². The van der Waals surface area contributed by atoms with E-state index in [0.29, 0.717) is 26.3 Å². The van der Waals surface area contributed by atoms with E-state index in [0.717, 1.165) is 22.9 Å². The molecule has 1 fully saturated rings. The third-order valence-corrected chi connectivity index (χ3v) is 4.47. The Balaban J connectivity index is 1.99. The van der Waals surface area contributed by atoms with Crippen molar-refractivity contribution < 1.29 is 19.4 Å². The molecular weight excluding hydrogens is 326 g/mol. The Morgan fingerprint density at radius 3 is 2.54 bits per heavy atom. The highest BCUT2D eigenvalue weighted by molar-refractivity contribution is 8.04. The van der Waals surface area contributed by atoms with Crippen LogP contribution < -0.4 is 0 Å². The van der Waals surface area contributed by atoms with Crippen molar-refractivity contribution in [3.05, 3.63) is 52.4 Å². The second kappa shape index (κ2) is 9.30. The molecule has 0 aromatic heterocycles. The quantitative estimate of drug-likeness (QED) is 0.633. The SMILES string of the molecule is CC(=C\c1ccccc1)/C=C(/SCC(=O)N1CCOCC1)C(=O)O. The van der Waals surface area contributed by atoms with E-state index in [2.05, 4.69) is 0 Å². The first-order valence-electron chi connectivity index (χ1n) is 7.73. The highest BCUT2D eigenvalue weighted by atomic mass is 32.2. The molecule has 1 aromatic rings. The molecule has 1 heterocycles. The van der Waals surface area contributed by atoms with Gasteiger partial charge in [-0.05, 0) is 24.1 Å². The normalized spacial score (nSPS) is 16.1. The fraction of sp³-hybridized carbons (Fsp3) is 0.333. The Kier molecular flexibility index (Phi) is 7.08. The molecule has 128 valence electrons. The second-order valence-electron chi connectivity index (χ2n) is 5.39. The summed E-state index contributed by atoms with van der Waals surface area (Å²) in [6, 6.07) is 9.69. The van der Waals surface area contributed by atoms with Gasteiger partial charge >= 0.3 is 5.97 Å². The standard InChI is InChI=1S/C18H21NO4S/c1-14(11-15-5-3-2-4-6-15)12-16(18(21)22)24-13-17(20)19-7-9-23-10-8-19/h2-6,11-12H,7-10,13H2,1H3,(H,21,22)/b14-11+,16-12+. The van der Waals surface area contributed by atoms with E-state index in [-0.39, 0.29) is 16.6 Å². The lowest BCUT2D eigenvalue weighted by molar-refractivity contribution is -0.132. The van der Waals surface area contributed by atoms with Crippen LogP contribution in [-0.4, -0.2) is 53.9 Å². The summed E-state index contributed by atoms with van der Waals surface area (Å²) in [5.41, 5.74) is 1.83. The van der Waals surface area contributed by atoms with Gasteiger partial charge in [-0.25, -0.2) is 4.79 Å². The number of morpholine rings is 1. The summed E-state index contributed by atoms with van der Waals surface area (Å²) in [5.74, 6) is -0.952. The molecule has 5 nitrogen and oxygen atoms in total. The minimum Gasteiger partial charge on any atom is -0.477 e. The third-order valence-electron chi connectivity index (χ3n) is 3.48. The topological polar surface area (TPSA) is 66.8 Å². The highest BCUT2D eigenvalue weighted by Crippen LogP contribution is 2.20. The number of carbonyl (C=O) groups excluding carboxylic acids is 1. The van der Waals surface area contributed by atoms with Gasteiger partial charge in [0.05, 0.1) is 23.9 Å². The Bertz CT molecular complexity index is 634. The van der Waals surface area contributed by atoms with Crippen LogP contribution in [-0.2, 0) is 14.3 Å². The lowest BCUT2D eigenvalue weighted by Crippen LogP contribution is -2.41. The largest absolute Gasteiger partial charge is 0.477 e. The summed E-state index contributed by atoms with van der Waals surface area (Å²) in [4.78, 5) is 25.4.